The molecule has 0 saturated carbocycles. The third kappa shape index (κ3) is 7.31. The van der Waals surface area contributed by atoms with Crippen LogP contribution >= 0.6 is 11.6 Å². The predicted molar refractivity (Wildman–Crippen MR) is 149 cm³/mol. The van der Waals surface area contributed by atoms with Crippen LogP contribution < -0.4 is 19.5 Å². The van der Waals surface area contributed by atoms with Crippen LogP contribution in [-0.4, -0.2) is 69.9 Å². The van der Waals surface area contributed by atoms with Crippen LogP contribution in [0.3, 0.4) is 0 Å². The largest absolute Gasteiger partial charge is 0.497 e. The van der Waals surface area contributed by atoms with Crippen molar-refractivity contribution in [1.29, 1.82) is 0 Å². The first-order valence-electron chi connectivity index (χ1n) is 12.5. The van der Waals surface area contributed by atoms with Crippen molar-refractivity contribution in [3.63, 3.8) is 0 Å². The van der Waals surface area contributed by atoms with Crippen molar-refractivity contribution in [3.05, 3.63) is 82.9 Å². The molecule has 1 unspecified atom stereocenters. The molecule has 0 radical (unpaired) electrons. The highest BCUT2D eigenvalue weighted by atomic mass is 35.5. The lowest BCUT2D eigenvalue weighted by Crippen LogP contribution is -2.50. The second-order valence-electron chi connectivity index (χ2n) is 8.99. The lowest BCUT2D eigenvalue weighted by Gasteiger charge is -2.36. The minimum absolute atomic E-state index is 0.153. The van der Waals surface area contributed by atoms with Gasteiger partial charge in [0.05, 0.1) is 39.7 Å². The molecule has 38 heavy (non-hydrogen) atoms. The van der Waals surface area contributed by atoms with E-state index in [1.807, 2.05) is 53.4 Å². The Labute approximate surface area is 229 Å². The van der Waals surface area contributed by atoms with E-state index in [1.54, 1.807) is 39.5 Å². The van der Waals surface area contributed by atoms with Gasteiger partial charge in [0.2, 0.25) is 0 Å². The summed E-state index contributed by atoms with van der Waals surface area (Å²) in [5, 5.41) is 3.64. The van der Waals surface area contributed by atoms with Crippen LogP contribution in [0.4, 0.5) is 10.5 Å². The molecule has 1 atom stereocenters. The van der Waals surface area contributed by atoms with Gasteiger partial charge in [-0.2, -0.15) is 0 Å². The standard InChI is InChI=1S/C29H34ClN3O5/c1-35-24-6-4-5-21(17-24)20-38-28(22-7-9-23(30)10-8-22)19-32-13-15-33(16-14-32)29(34)31-26-18-25(36-2)11-12-27(26)37-3/h4-12,17-18,28H,13-16,19-20H2,1-3H3,(H,31,34). The second-order valence-corrected chi connectivity index (χ2v) is 9.42. The van der Waals surface area contributed by atoms with E-state index < -0.39 is 0 Å². The van der Waals surface area contributed by atoms with Gasteiger partial charge in [0.25, 0.3) is 0 Å². The van der Waals surface area contributed by atoms with Crippen LogP contribution in [0.25, 0.3) is 0 Å². The number of piperazine rings is 1. The van der Waals surface area contributed by atoms with Crippen LogP contribution in [0, 0.1) is 0 Å². The molecule has 0 aromatic heterocycles. The molecular weight excluding hydrogens is 506 g/mol. The number of hydrogen-bond donors (Lipinski definition) is 1. The van der Waals surface area contributed by atoms with Crippen LogP contribution in [0.2, 0.25) is 5.02 Å². The molecule has 4 rings (SSSR count). The molecule has 9 heteroatoms. The van der Waals surface area contributed by atoms with Crippen molar-refractivity contribution in [2.24, 2.45) is 0 Å². The van der Waals surface area contributed by atoms with Gasteiger partial charge in [-0.1, -0.05) is 35.9 Å². The van der Waals surface area contributed by atoms with Gasteiger partial charge in [-0.05, 0) is 47.5 Å². The summed E-state index contributed by atoms with van der Waals surface area (Å²) in [5.41, 5.74) is 2.67. The average Bonchev–Trinajstić information content (AvgIpc) is 2.96. The number of amides is 2. The van der Waals surface area contributed by atoms with E-state index in [0.29, 0.717) is 48.5 Å². The van der Waals surface area contributed by atoms with Gasteiger partial charge in [0.15, 0.2) is 0 Å². The van der Waals surface area contributed by atoms with Crippen molar-refractivity contribution in [2.45, 2.75) is 12.7 Å². The van der Waals surface area contributed by atoms with Gasteiger partial charge in [-0.3, -0.25) is 4.90 Å². The summed E-state index contributed by atoms with van der Waals surface area (Å²) in [5.74, 6) is 2.03. The first-order chi connectivity index (χ1) is 18.5. The minimum atomic E-state index is -0.167. The number of nitrogens with zero attached hydrogens (tertiary/aromatic N) is 2. The van der Waals surface area contributed by atoms with Crippen molar-refractivity contribution < 1.29 is 23.7 Å². The fourth-order valence-corrected chi connectivity index (χ4v) is 4.49. The first kappa shape index (κ1) is 27.6. The predicted octanol–water partition coefficient (Wildman–Crippen LogP) is 5.47. The number of urea groups is 1. The van der Waals surface area contributed by atoms with Gasteiger partial charge in [0, 0.05) is 43.8 Å². The topological polar surface area (TPSA) is 72.5 Å². The van der Waals surface area contributed by atoms with Crippen molar-refractivity contribution in [1.82, 2.24) is 9.80 Å². The SMILES string of the molecule is COc1cccc(COC(CN2CCN(C(=O)Nc3cc(OC)ccc3OC)CC2)c2ccc(Cl)cc2)c1. The normalized spacial score (nSPS) is 14.6. The van der Waals surface area contributed by atoms with Crippen molar-refractivity contribution >= 4 is 23.3 Å². The van der Waals surface area contributed by atoms with Crippen LogP contribution in [0.5, 0.6) is 17.2 Å². The Kier molecular flexibility index (Phi) is 9.70. The number of anilines is 1. The maximum absolute atomic E-state index is 13.0. The highest BCUT2D eigenvalue weighted by molar-refractivity contribution is 6.30. The second kappa shape index (κ2) is 13.4. The Morgan fingerprint density at radius 3 is 2.29 bits per heavy atom. The zero-order chi connectivity index (χ0) is 26.9. The molecule has 1 aliphatic rings. The fraction of sp³-hybridized carbons (Fsp3) is 0.345. The number of benzene rings is 3. The molecule has 1 N–H and O–H groups in total. The Bertz CT molecular complexity index is 1200. The quantitative estimate of drug-likeness (QED) is 0.368. The maximum Gasteiger partial charge on any atom is 0.322 e. The van der Waals surface area contributed by atoms with E-state index >= 15 is 0 Å². The molecule has 1 aliphatic heterocycles. The van der Waals surface area contributed by atoms with E-state index in [2.05, 4.69) is 10.2 Å². The molecular formula is C29H34ClN3O5. The maximum atomic E-state index is 13.0. The Morgan fingerprint density at radius 1 is 0.895 bits per heavy atom. The van der Waals surface area contributed by atoms with Crippen LogP contribution in [0.1, 0.15) is 17.2 Å². The molecule has 0 bridgehead atoms. The zero-order valence-corrected chi connectivity index (χ0v) is 22.7. The Hall–Kier alpha value is -3.46. The average molecular weight is 540 g/mol. The number of nitrogens with one attached hydrogen (secondary N) is 1. The monoisotopic (exact) mass is 539 g/mol. The highest BCUT2D eigenvalue weighted by Gasteiger charge is 2.25. The Balaban J connectivity index is 1.36. The summed E-state index contributed by atoms with van der Waals surface area (Å²) in [4.78, 5) is 17.1. The molecule has 0 spiro atoms. The zero-order valence-electron chi connectivity index (χ0n) is 22.0. The van der Waals surface area contributed by atoms with Gasteiger partial charge < -0.3 is 29.2 Å². The molecule has 3 aromatic rings. The molecule has 1 heterocycles. The number of methoxy groups -OCH3 is 3. The fourth-order valence-electron chi connectivity index (χ4n) is 4.36. The Morgan fingerprint density at radius 2 is 1.61 bits per heavy atom. The number of hydrogen-bond acceptors (Lipinski definition) is 6. The van der Waals surface area contributed by atoms with Gasteiger partial charge in [0.1, 0.15) is 17.2 Å². The highest BCUT2D eigenvalue weighted by Crippen LogP contribution is 2.29. The number of carbonyl (C=O) groups excluding carboxylic acids is 1. The molecule has 1 fully saturated rings. The summed E-state index contributed by atoms with van der Waals surface area (Å²) in [6, 6.07) is 20.8. The molecule has 0 aliphatic carbocycles. The van der Waals surface area contributed by atoms with Gasteiger partial charge in [-0.15, -0.1) is 0 Å². The van der Waals surface area contributed by atoms with E-state index in [4.69, 9.17) is 30.5 Å². The third-order valence-corrected chi connectivity index (χ3v) is 6.81. The third-order valence-electron chi connectivity index (χ3n) is 6.56. The van der Waals surface area contributed by atoms with E-state index in [-0.39, 0.29) is 12.1 Å². The van der Waals surface area contributed by atoms with Gasteiger partial charge >= 0.3 is 6.03 Å². The number of carbonyl (C=O) groups is 1. The number of halogens is 1. The van der Waals surface area contributed by atoms with E-state index in [0.717, 1.165) is 30.0 Å². The van der Waals surface area contributed by atoms with E-state index in [9.17, 15) is 4.79 Å². The lowest BCUT2D eigenvalue weighted by molar-refractivity contribution is 0.00588. The molecule has 8 nitrogen and oxygen atoms in total. The van der Waals surface area contributed by atoms with Gasteiger partial charge in [-0.25, -0.2) is 4.79 Å². The summed E-state index contributed by atoms with van der Waals surface area (Å²) in [7, 11) is 4.82. The summed E-state index contributed by atoms with van der Waals surface area (Å²) in [6.07, 6.45) is -0.153. The molecule has 3 aromatic carbocycles. The smallest absolute Gasteiger partial charge is 0.322 e. The molecule has 2 amide bonds. The lowest BCUT2D eigenvalue weighted by atomic mass is 10.1. The minimum Gasteiger partial charge on any atom is -0.497 e. The van der Waals surface area contributed by atoms with Crippen LogP contribution in [0.15, 0.2) is 66.7 Å². The summed E-state index contributed by atoms with van der Waals surface area (Å²) < 4.78 is 22.4. The number of ether oxygens (including phenoxy) is 4. The van der Waals surface area contributed by atoms with Crippen LogP contribution in [-0.2, 0) is 11.3 Å². The molecule has 1 saturated heterocycles. The first-order valence-corrected chi connectivity index (χ1v) is 12.9. The van der Waals surface area contributed by atoms with E-state index in [1.165, 1.54) is 0 Å². The number of rotatable bonds is 10. The van der Waals surface area contributed by atoms with Crippen molar-refractivity contribution in [2.75, 3.05) is 59.4 Å². The summed E-state index contributed by atoms with van der Waals surface area (Å²) in [6.45, 7) is 3.81. The molecule has 202 valence electrons. The van der Waals surface area contributed by atoms with Crippen molar-refractivity contribution in [3.8, 4) is 17.2 Å². The summed E-state index contributed by atoms with van der Waals surface area (Å²) >= 11 is 6.13.